The zero-order chi connectivity index (χ0) is 23.4. The molecule has 0 saturated carbocycles. The van der Waals surface area contributed by atoms with E-state index in [9.17, 15) is 9.18 Å². The molecule has 174 valence electrons. The van der Waals surface area contributed by atoms with Crippen LogP contribution in [0.5, 0.6) is 5.75 Å². The van der Waals surface area contributed by atoms with Crippen molar-refractivity contribution in [2.45, 2.75) is 32.3 Å². The lowest BCUT2D eigenvalue weighted by molar-refractivity contribution is -0.118. The lowest BCUT2D eigenvalue weighted by atomic mass is 9.76. The molecule has 2 heterocycles. The van der Waals surface area contributed by atoms with Crippen molar-refractivity contribution in [1.82, 2.24) is 9.78 Å². The third-order valence-electron chi connectivity index (χ3n) is 6.16. The standard InChI is InChI=1S/C26H30FN3O3/c1-17(2)23-14-20(18-7-9-21(27)10-8-18)15-33-26(23)19-5-4-6-22(13-19)32-16-25(31)28-24-11-12-30(3)29-24/h4-13,17,20,23,26H,14-16H2,1-3H3,(H,28,29,31)/t20-,23-,26-/m0/s1. The number of anilines is 1. The summed E-state index contributed by atoms with van der Waals surface area (Å²) >= 11 is 0. The van der Waals surface area contributed by atoms with E-state index in [0.717, 1.165) is 17.5 Å². The average molecular weight is 452 g/mol. The number of hydrogen-bond donors (Lipinski definition) is 1. The first-order valence-electron chi connectivity index (χ1n) is 11.3. The molecule has 33 heavy (non-hydrogen) atoms. The van der Waals surface area contributed by atoms with Gasteiger partial charge in [0, 0.05) is 25.2 Å². The second kappa shape index (κ2) is 10.2. The number of aryl methyl sites for hydroxylation is 1. The van der Waals surface area contributed by atoms with Gasteiger partial charge in [-0.2, -0.15) is 5.10 Å². The van der Waals surface area contributed by atoms with Gasteiger partial charge in [-0.05, 0) is 53.6 Å². The first kappa shape index (κ1) is 23.0. The molecule has 4 rings (SSSR count). The molecule has 1 aliphatic rings. The Labute approximate surface area is 193 Å². The minimum atomic E-state index is -0.268. The van der Waals surface area contributed by atoms with Crippen LogP contribution in [0.15, 0.2) is 60.8 Å². The first-order valence-corrected chi connectivity index (χ1v) is 11.3. The van der Waals surface area contributed by atoms with Crippen LogP contribution in [0.3, 0.4) is 0 Å². The Morgan fingerprint density at radius 1 is 1.21 bits per heavy atom. The van der Waals surface area contributed by atoms with Gasteiger partial charge in [-0.3, -0.25) is 9.48 Å². The minimum Gasteiger partial charge on any atom is -0.484 e. The number of carbonyl (C=O) groups excluding carboxylic acids is 1. The second-order valence-corrected chi connectivity index (χ2v) is 8.93. The first-order chi connectivity index (χ1) is 15.9. The maximum Gasteiger partial charge on any atom is 0.263 e. The Hall–Kier alpha value is -3.19. The highest BCUT2D eigenvalue weighted by molar-refractivity contribution is 5.90. The van der Waals surface area contributed by atoms with E-state index < -0.39 is 0 Å². The van der Waals surface area contributed by atoms with Gasteiger partial charge < -0.3 is 14.8 Å². The molecule has 3 atom stereocenters. The van der Waals surface area contributed by atoms with Gasteiger partial charge in [0.15, 0.2) is 12.4 Å². The third-order valence-corrected chi connectivity index (χ3v) is 6.16. The number of rotatable bonds is 7. The monoisotopic (exact) mass is 451 g/mol. The quantitative estimate of drug-likeness (QED) is 0.543. The SMILES string of the molecule is CC(C)[C@@H]1C[C@H](c2ccc(F)cc2)CO[C@H]1c1cccc(OCC(=O)Nc2ccn(C)n2)c1. The van der Waals surface area contributed by atoms with Crippen LogP contribution in [0.25, 0.3) is 0 Å². The van der Waals surface area contributed by atoms with Gasteiger partial charge in [0.2, 0.25) is 0 Å². The summed E-state index contributed by atoms with van der Waals surface area (Å²) in [6.45, 7) is 4.88. The molecule has 0 bridgehead atoms. The van der Waals surface area contributed by atoms with E-state index in [1.54, 1.807) is 24.0 Å². The van der Waals surface area contributed by atoms with E-state index in [1.807, 2.05) is 36.4 Å². The van der Waals surface area contributed by atoms with E-state index in [0.29, 0.717) is 30.0 Å². The normalized spacial score (nSPS) is 20.6. The lowest BCUT2D eigenvalue weighted by Gasteiger charge is -2.39. The molecular weight excluding hydrogens is 421 g/mol. The molecule has 1 amide bonds. The van der Waals surface area contributed by atoms with Crippen LogP contribution >= 0.6 is 0 Å². The fourth-order valence-corrected chi connectivity index (χ4v) is 4.39. The average Bonchev–Trinajstić information content (AvgIpc) is 3.22. The van der Waals surface area contributed by atoms with Crippen molar-refractivity contribution in [3.8, 4) is 5.75 Å². The van der Waals surface area contributed by atoms with Crippen molar-refractivity contribution in [2.75, 3.05) is 18.5 Å². The summed E-state index contributed by atoms with van der Waals surface area (Å²) in [6.07, 6.45) is 2.66. The second-order valence-electron chi connectivity index (χ2n) is 8.93. The molecule has 1 fully saturated rings. The van der Waals surface area contributed by atoms with Crippen LogP contribution in [-0.4, -0.2) is 28.9 Å². The van der Waals surface area contributed by atoms with Gasteiger partial charge in [0.1, 0.15) is 11.6 Å². The highest BCUT2D eigenvalue weighted by Gasteiger charge is 2.35. The summed E-state index contributed by atoms with van der Waals surface area (Å²) < 4.78 is 27.0. The summed E-state index contributed by atoms with van der Waals surface area (Å²) in [5.41, 5.74) is 2.14. The summed E-state index contributed by atoms with van der Waals surface area (Å²) in [5, 5.41) is 6.84. The van der Waals surface area contributed by atoms with Crippen LogP contribution < -0.4 is 10.1 Å². The number of benzene rings is 2. The van der Waals surface area contributed by atoms with Gasteiger partial charge in [-0.15, -0.1) is 0 Å². The highest BCUT2D eigenvalue weighted by atomic mass is 19.1. The number of amides is 1. The Morgan fingerprint density at radius 3 is 2.70 bits per heavy atom. The van der Waals surface area contributed by atoms with Crippen LogP contribution in [-0.2, 0) is 16.6 Å². The molecule has 1 aliphatic heterocycles. The van der Waals surface area contributed by atoms with Gasteiger partial charge in [-0.1, -0.05) is 38.1 Å². The molecule has 1 saturated heterocycles. The largest absolute Gasteiger partial charge is 0.484 e. The molecule has 2 aromatic carbocycles. The van der Waals surface area contributed by atoms with Crippen LogP contribution in [0.1, 0.15) is 43.4 Å². The minimum absolute atomic E-state index is 0.0624. The number of halogens is 1. The van der Waals surface area contributed by atoms with E-state index in [-0.39, 0.29) is 30.4 Å². The van der Waals surface area contributed by atoms with Gasteiger partial charge in [-0.25, -0.2) is 4.39 Å². The zero-order valence-corrected chi connectivity index (χ0v) is 19.2. The summed E-state index contributed by atoms with van der Waals surface area (Å²) in [4.78, 5) is 12.2. The molecule has 6 nitrogen and oxygen atoms in total. The van der Waals surface area contributed by atoms with Crippen molar-refractivity contribution in [3.63, 3.8) is 0 Å². The van der Waals surface area contributed by atoms with Crippen LogP contribution in [0.2, 0.25) is 0 Å². The van der Waals surface area contributed by atoms with Crippen molar-refractivity contribution in [1.29, 1.82) is 0 Å². The summed E-state index contributed by atoms with van der Waals surface area (Å²) in [7, 11) is 1.79. The predicted molar refractivity (Wildman–Crippen MR) is 125 cm³/mol. The van der Waals surface area contributed by atoms with E-state index in [4.69, 9.17) is 9.47 Å². The van der Waals surface area contributed by atoms with Gasteiger partial charge in [0.25, 0.3) is 5.91 Å². The van der Waals surface area contributed by atoms with Crippen molar-refractivity contribution >= 4 is 11.7 Å². The molecule has 3 aromatic rings. The summed E-state index contributed by atoms with van der Waals surface area (Å²) in [5.74, 6) is 1.57. The molecule has 0 radical (unpaired) electrons. The molecule has 0 aliphatic carbocycles. The Morgan fingerprint density at radius 2 is 2.00 bits per heavy atom. The molecule has 1 N–H and O–H groups in total. The topological polar surface area (TPSA) is 65.4 Å². The zero-order valence-electron chi connectivity index (χ0n) is 19.2. The molecule has 0 unspecified atom stereocenters. The number of nitrogens with zero attached hydrogens (tertiary/aromatic N) is 2. The molecule has 7 heteroatoms. The Balaban J connectivity index is 1.41. The summed E-state index contributed by atoms with van der Waals surface area (Å²) in [6, 6.07) is 16.2. The van der Waals surface area contributed by atoms with Crippen molar-refractivity contribution in [2.24, 2.45) is 18.9 Å². The van der Waals surface area contributed by atoms with Crippen LogP contribution in [0, 0.1) is 17.7 Å². The van der Waals surface area contributed by atoms with E-state index in [1.165, 1.54) is 12.1 Å². The smallest absolute Gasteiger partial charge is 0.263 e. The van der Waals surface area contributed by atoms with E-state index in [2.05, 4.69) is 24.3 Å². The number of carbonyl (C=O) groups is 1. The Kier molecular flexibility index (Phi) is 7.08. The third kappa shape index (κ3) is 5.79. The predicted octanol–water partition coefficient (Wildman–Crippen LogP) is 5.09. The number of ether oxygens (including phenoxy) is 2. The maximum absolute atomic E-state index is 13.3. The van der Waals surface area contributed by atoms with Crippen molar-refractivity contribution in [3.05, 3.63) is 77.7 Å². The molecule has 0 spiro atoms. The van der Waals surface area contributed by atoms with Crippen LogP contribution in [0.4, 0.5) is 10.2 Å². The highest BCUT2D eigenvalue weighted by Crippen LogP contribution is 2.43. The van der Waals surface area contributed by atoms with Gasteiger partial charge in [0.05, 0.1) is 12.7 Å². The molecule has 1 aromatic heterocycles. The van der Waals surface area contributed by atoms with E-state index >= 15 is 0 Å². The number of hydrogen-bond acceptors (Lipinski definition) is 4. The van der Waals surface area contributed by atoms with Gasteiger partial charge >= 0.3 is 0 Å². The fourth-order valence-electron chi connectivity index (χ4n) is 4.39. The Bertz CT molecular complexity index is 1080. The van der Waals surface area contributed by atoms with Crippen molar-refractivity contribution < 1.29 is 18.7 Å². The fraction of sp³-hybridized carbons (Fsp3) is 0.385. The number of nitrogens with one attached hydrogen (secondary N) is 1. The number of aromatic nitrogens is 2. The maximum atomic E-state index is 13.3. The lowest BCUT2D eigenvalue weighted by Crippen LogP contribution is -2.31. The molecular formula is C26H30FN3O3.